The summed E-state index contributed by atoms with van der Waals surface area (Å²) in [6, 6.07) is 28.6. The van der Waals surface area contributed by atoms with E-state index in [0.29, 0.717) is 0 Å². The molecule has 1 heterocycles. The Bertz CT molecular complexity index is 1660. The summed E-state index contributed by atoms with van der Waals surface area (Å²) in [7, 11) is 1.63. The topological polar surface area (TPSA) is 101 Å². The van der Waals surface area contributed by atoms with Crippen molar-refractivity contribution in [2.45, 2.75) is 18.4 Å². The molecule has 0 aliphatic heterocycles. The Kier molecular flexibility index (Phi) is 6.70. The van der Waals surface area contributed by atoms with Crippen molar-refractivity contribution in [3.8, 4) is 28.0 Å². The number of ether oxygens (including phenoxy) is 2. The van der Waals surface area contributed by atoms with Gasteiger partial charge in [-0.1, -0.05) is 78.9 Å². The lowest BCUT2D eigenvalue weighted by atomic mass is 9.98. The van der Waals surface area contributed by atoms with Crippen LogP contribution in [0.5, 0.6) is 5.75 Å². The molecular weight excluding hydrogens is 504 g/mol. The average Bonchev–Trinajstić information content (AvgIpc) is 3.54. The van der Waals surface area contributed by atoms with Crippen molar-refractivity contribution >= 4 is 23.0 Å². The number of alkyl carbamates (subject to hydrolysis) is 1. The van der Waals surface area contributed by atoms with Crippen molar-refractivity contribution in [3.05, 3.63) is 114 Å². The van der Waals surface area contributed by atoms with Crippen LogP contribution in [0.4, 0.5) is 4.79 Å². The molecule has 200 valence electrons. The summed E-state index contributed by atoms with van der Waals surface area (Å²) < 4.78 is 10.9. The first kappa shape index (κ1) is 25.2. The Morgan fingerprint density at radius 1 is 0.875 bits per heavy atom. The van der Waals surface area contributed by atoms with E-state index in [0.717, 1.165) is 55.6 Å². The van der Waals surface area contributed by atoms with Crippen molar-refractivity contribution in [1.82, 2.24) is 10.3 Å². The van der Waals surface area contributed by atoms with Gasteiger partial charge in [-0.15, -0.1) is 0 Å². The number of aromatic amines is 1. The standard InChI is InChI=1S/C33H28N2O5/c1-39-22-15-13-20(14-16-22)23-11-6-12-24-21(18-34-31(23)24)17-30(32(36)37)35-33(38)40-19-29-27-9-4-2-7-25(27)26-8-3-5-10-28(26)29/h2-16,18,29-30,34H,17,19H2,1H3,(H,35,38)(H,36,37)/t30-/m0/s1. The van der Waals surface area contributed by atoms with Gasteiger partial charge < -0.3 is 24.9 Å². The number of carboxylic acids is 1. The molecule has 1 atom stereocenters. The number of carbonyl (C=O) groups excluding carboxylic acids is 1. The number of rotatable bonds is 8. The number of amides is 1. The SMILES string of the molecule is COc1ccc(-c2cccc3c(C[C@H](NC(=O)OCC4c5ccccc5-c5ccccc54)C(=O)O)c[nH]c23)cc1. The molecule has 7 heteroatoms. The maximum Gasteiger partial charge on any atom is 0.407 e. The van der Waals surface area contributed by atoms with E-state index in [1.54, 1.807) is 13.3 Å². The molecule has 7 nitrogen and oxygen atoms in total. The number of aliphatic carboxylic acids is 1. The third-order valence-electron chi connectivity index (χ3n) is 7.56. The maximum absolute atomic E-state index is 12.8. The Morgan fingerprint density at radius 3 is 2.17 bits per heavy atom. The van der Waals surface area contributed by atoms with E-state index in [1.165, 1.54) is 0 Å². The molecule has 1 aromatic heterocycles. The van der Waals surface area contributed by atoms with Crippen LogP contribution >= 0.6 is 0 Å². The molecule has 1 aliphatic carbocycles. The van der Waals surface area contributed by atoms with Gasteiger partial charge in [0.2, 0.25) is 0 Å². The number of fused-ring (bicyclic) bond motifs is 4. The van der Waals surface area contributed by atoms with Gasteiger partial charge in [0.1, 0.15) is 18.4 Å². The number of aromatic nitrogens is 1. The first-order chi connectivity index (χ1) is 19.5. The molecule has 4 aromatic carbocycles. The minimum absolute atomic E-state index is 0.103. The highest BCUT2D eigenvalue weighted by molar-refractivity contribution is 5.96. The van der Waals surface area contributed by atoms with E-state index in [-0.39, 0.29) is 18.9 Å². The number of hydrogen-bond acceptors (Lipinski definition) is 4. The highest BCUT2D eigenvalue weighted by Gasteiger charge is 2.30. The zero-order valence-electron chi connectivity index (χ0n) is 21.9. The predicted octanol–water partition coefficient (Wildman–Crippen LogP) is 6.38. The first-order valence-corrected chi connectivity index (χ1v) is 13.1. The van der Waals surface area contributed by atoms with Crippen LogP contribution < -0.4 is 10.1 Å². The summed E-state index contributed by atoms with van der Waals surface area (Å²) in [4.78, 5) is 28.2. The Labute approximate surface area is 231 Å². The highest BCUT2D eigenvalue weighted by Crippen LogP contribution is 2.44. The summed E-state index contributed by atoms with van der Waals surface area (Å²) >= 11 is 0. The number of methoxy groups -OCH3 is 1. The number of carbonyl (C=O) groups is 2. The molecule has 0 radical (unpaired) electrons. The van der Waals surface area contributed by atoms with Crippen LogP contribution in [0, 0.1) is 0 Å². The molecule has 40 heavy (non-hydrogen) atoms. The maximum atomic E-state index is 12.8. The van der Waals surface area contributed by atoms with Gasteiger partial charge in [-0.3, -0.25) is 0 Å². The number of nitrogens with one attached hydrogen (secondary N) is 2. The molecule has 6 rings (SSSR count). The quantitative estimate of drug-likeness (QED) is 0.215. The molecule has 5 aromatic rings. The second-order valence-electron chi connectivity index (χ2n) is 9.84. The monoisotopic (exact) mass is 532 g/mol. The fourth-order valence-corrected chi connectivity index (χ4v) is 5.59. The minimum atomic E-state index is -1.15. The second kappa shape index (κ2) is 10.6. The molecular formula is C33H28N2O5. The normalized spacial score (nSPS) is 12.9. The van der Waals surface area contributed by atoms with Crippen molar-refractivity contribution < 1.29 is 24.2 Å². The van der Waals surface area contributed by atoms with Crippen LogP contribution in [-0.2, 0) is 16.0 Å². The molecule has 0 unspecified atom stereocenters. The lowest BCUT2D eigenvalue weighted by molar-refractivity contribution is -0.139. The fraction of sp³-hybridized carbons (Fsp3) is 0.152. The van der Waals surface area contributed by atoms with E-state index in [2.05, 4.69) is 22.4 Å². The van der Waals surface area contributed by atoms with Crippen LogP contribution in [0.1, 0.15) is 22.6 Å². The molecule has 1 aliphatic rings. The summed E-state index contributed by atoms with van der Waals surface area (Å²) in [6.45, 7) is 0.116. The van der Waals surface area contributed by atoms with E-state index in [1.807, 2.05) is 78.9 Å². The number of benzene rings is 4. The first-order valence-electron chi connectivity index (χ1n) is 13.1. The van der Waals surface area contributed by atoms with Crippen LogP contribution in [0.3, 0.4) is 0 Å². The Balaban J connectivity index is 1.17. The summed E-state index contributed by atoms with van der Waals surface area (Å²) in [5.41, 5.74) is 8.13. The van der Waals surface area contributed by atoms with E-state index < -0.39 is 18.1 Å². The number of carboxylic acid groups (broad SMARTS) is 1. The van der Waals surface area contributed by atoms with Gasteiger partial charge in [0, 0.05) is 29.5 Å². The zero-order chi connectivity index (χ0) is 27.6. The van der Waals surface area contributed by atoms with Crippen LogP contribution in [0.25, 0.3) is 33.2 Å². The molecule has 3 N–H and O–H groups in total. The smallest absolute Gasteiger partial charge is 0.407 e. The fourth-order valence-electron chi connectivity index (χ4n) is 5.59. The van der Waals surface area contributed by atoms with Crippen LogP contribution in [0.15, 0.2) is 97.2 Å². The lowest BCUT2D eigenvalue weighted by Gasteiger charge is -2.17. The summed E-state index contributed by atoms with van der Waals surface area (Å²) in [5, 5.41) is 13.4. The predicted molar refractivity (Wildman–Crippen MR) is 154 cm³/mol. The molecule has 1 amide bonds. The molecule has 0 bridgehead atoms. The molecule has 0 saturated carbocycles. The van der Waals surface area contributed by atoms with Crippen LogP contribution in [0.2, 0.25) is 0 Å². The van der Waals surface area contributed by atoms with Gasteiger partial charge in [0.25, 0.3) is 0 Å². The Hall–Kier alpha value is -5.04. The average molecular weight is 533 g/mol. The van der Waals surface area contributed by atoms with Gasteiger partial charge in [0.15, 0.2) is 0 Å². The highest BCUT2D eigenvalue weighted by atomic mass is 16.5. The van der Waals surface area contributed by atoms with Gasteiger partial charge >= 0.3 is 12.1 Å². The van der Waals surface area contributed by atoms with E-state index >= 15 is 0 Å². The Morgan fingerprint density at radius 2 is 1.52 bits per heavy atom. The van der Waals surface area contributed by atoms with E-state index in [9.17, 15) is 14.7 Å². The van der Waals surface area contributed by atoms with E-state index in [4.69, 9.17) is 9.47 Å². The third-order valence-corrected chi connectivity index (χ3v) is 7.56. The van der Waals surface area contributed by atoms with Gasteiger partial charge in [-0.05, 0) is 45.5 Å². The van der Waals surface area contributed by atoms with Crippen molar-refractivity contribution in [2.24, 2.45) is 0 Å². The number of hydrogen-bond donors (Lipinski definition) is 3. The summed E-state index contributed by atoms with van der Waals surface area (Å²) in [6.07, 6.45) is 1.14. The minimum Gasteiger partial charge on any atom is -0.497 e. The molecule has 0 saturated heterocycles. The largest absolute Gasteiger partial charge is 0.497 e. The molecule has 0 fully saturated rings. The van der Waals surface area contributed by atoms with Gasteiger partial charge in [0.05, 0.1) is 12.6 Å². The second-order valence-corrected chi connectivity index (χ2v) is 9.84. The molecule has 0 spiro atoms. The van der Waals surface area contributed by atoms with Crippen molar-refractivity contribution in [2.75, 3.05) is 13.7 Å². The van der Waals surface area contributed by atoms with Crippen molar-refractivity contribution in [3.63, 3.8) is 0 Å². The van der Waals surface area contributed by atoms with Gasteiger partial charge in [-0.25, -0.2) is 9.59 Å². The number of H-pyrrole nitrogens is 1. The zero-order valence-corrected chi connectivity index (χ0v) is 21.9. The summed E-state index contributed by atoms with van der Waals surface area (Å²) in [5.74, 6) is -0.465. The van der Waals surface area contributed by atoms with Gasteiger partial charge in [-0.2, -0.15) is 0 Å². The number of para-hydroxylation sites is 1. The van der Waals surface area contributed by atoms with Crippen LogP contribution in [-0.4, -0.2) is 41.9 Å². The lowest BCUT2D eigenvalue weighted by Crippen LogP contribution is -2.42. The third kappa shape index (κ3) is 4.66. The van der Waals surface area contributed by atoms with Crippen molar-refractivity contribution in [1.29, 1.82) is 0 Å².